The number of sulfonamides is 1. The standard InChI is InChI=1S/C33H42N4O4S2/c1-5-17-35(18-6-2)33(39)30-28-16-19-36(23(3)4)22-29(28)42-32(30)34-31(38)25-11-13-27(14-12-25)43(40,41)37-20-15-24-9-7-8-10-26(24)21-37/h7-14,23H,5-6,15-22H2,1-4H3,(H,34,38). The second kappa shape index (κ2) is 13.3. The van der Waals surface area contributed by atoms with Gasteiger partial charge in [-0.25, -0.2) is 8.42 Å². The fourth-order valence-corrected chi connectivity index (χ4v) is 8.65. The molecule has 3 heterocycles. The average Bonchev–Trinajstić information content (AvgIpc) is 3.37. The third-order valence-corrected chi connectivity index (χ3v) is 11.4. The first kappa shape index (κ1) is 31.4. The Balaban J connectivity index is 1.38. The summed E-state index contributed by atoms with van der Waals surface area (Å²) in [7, 11) is -3.71. The zero-order chi connectivity index (χ0) is 30.7. The Hall–Kier alpha value is -3.05. The maximum Gasteiger partial charge on any atom is 0.257 e. The molecule has 1 N–H and O–H groups in total. The van der Waals surface area contributed by atoms with Gasteiger partial charge >= 0.3 is 0 Å². The molecule has 0 atom stereocenters. The molecule has 2 aromatic carbocycles. The summed E-state index contributed by atoms with van der Waals surface area (Å²) in [5.41, 5.74) is 4.20. The molecule has 0 spiro atoms. The van der Waals surface area contributed by atoms with Crippen molar-refractivity contribution in [1.29, 1.82) is 0 Å². The maximum atomic E-state index is 13.9. The summed E-state index contributed by atoms with van der Waals surface area (Å²) in [5.74, 6) is -0.388. The number of amides is 2. The molecule has 3 aromatic rings. The molecular formula is C33H42N4O4S2. The summed E-state index contributed by atoms with van der Waals surface area (Å²) >= 11 is 1.48. The van der Waals surface area contributed by atoms with Crippen molar-refractivity contribution in [3.63, 3.8) is 0 Å². The minimum atomic E-state index is -3.71. The van der Waals surface area contributed by atoms with Gasteiger partial charge in [0.05, 0.1) is 10.5 Å². The molecule has 230 valence electrons. The molecule has 2 amide bonds. The number of anilines is 1. The Bertz CT molecular complexity index is 1570. The van der Waals surface area contributed by atoms with Crippen molar-refractivity contribution in [1.82, 2.24) is 14.1 Å². The van der Waals surface area contributed by atoms with Gasteiger partial charge in [-0.15, -0.1) is 11.3 Å². The predicted octanol–water partition coefficient (Wildman–Crippen LogP) is 5.78. The van der Waals surface area contributed by atoms with E-state index in [0.29, 0.717) is 54.8 Å². The highest BCUT2D eigenvalue weighted by molar-refractivity contribution is 7.89. The molecule has 8 nitrogen and oxygen atoms in total. The van der Waals surface area contributed by atoms with E-state index in [1.165, 1.54) is 33.3 Å². The van der Waals surface area contributed by atoms with Crippen molar-refractivity contribution in [2.75, 3.05) is 31.5 Å². The highest BCUT2D eigenvalue weighted by Gasteiger charge is 2.32. The lowest BCUT2D eigenvalue weighted by atomic mass is 10.0. The van der Waals surface area contributed by atoms with E-state index in [2.05, 4.69) is 37.9 Å². The molecule has 1 aromatic heterocycles. The number of thiophene rings is 1. The summed E-state index contributed by atoms with van der Waals surface area (Å²) in [6.07, 6.45) is 3.16. The van der Waals surface area contributed by atoms with Crippen LogP contribution in [0.3, 0.4) is 0 Å². The zero-order valence-corrected chi connectivity index (χ0v) is 27.2. The van der Waals surface area contributed by atoms with Crippen molar-refractivity contribution in [3.8, 4) is 0 Å². The van der Waals surface area contributed by atoms with Crippen molar-refractivity contribution in [2.45, 2.75) is 77.4 Å². The SMILES string of the molecule is CCCN(CCC)C(=O)c1c(NC(=O)c2ccc(S(=O)(=O)N3CCc4ccccc4C3)cc2)sc2c1CCN(C(C)C)C2. The first-order valence-corrected chi connectivity index (χ1v) is 17.6. The average molecular weight is 623 g/mol. The van der Waals surface area contributed by atoms with Crippen LogP contribution in [0, 0.1) is 0 Å². The second-order valence-corrected chi connectivity index (χ2v) is 14.7. The summed E-state index contributed by atoms with van der Waals surface area (Å²) in [6, 6.07) is 14.4. The lowest BCUT2D eigenvalue weighted by Crippen LogP contribution is -2.37. The molecule has 0 aliphatic carbocycles. The zero-order valence-electron chi connectivity index (χ0n) is 25.6. The Morgan fingerprint density at radius 1 is 0.930 bits per heavy atom. The smallest absolute Gasteiger partial charge is 0.257 e. The lowest BCUT2D eigenvalue weighted by molar-refractivity contribution is 0.0755. The molecule has 0 saturated heterocycles. The van der Waals surface area contributed by atoms with Crippen molar-refractivity contribution in [2.24, 2.45) is 0 Å². The number of fused-ring (bicyclic) bond motifs is 2. The van der Waals surface area contributed by atoms with E-state index in [1.54, 1.807) is 12.1 Å². The molecule has 0 fully saturated rings. The van der Waals surface area contributed by atoms with E-state index in [4.69, 9.17) is 0 Å². The van der Waals surface area contributed by atoms with Gasteiger partial charge in [0.1, 0.15) is 5.00 Å². The number of nitrogens with one attached hydrogen (secondary N) is 1. The molecule has 0 bridgehead atoms. The van der Waals surface area contributed by atoms with Crippen LogP contribution >= 0.6 is 11.3 Å². The molecule has 43 heavy (non-hydrogen) atoms. The van der Waals surface area contributed by atoms with Crippen LogP contribution in [0.4, 0.5) is 5.00 Å². The normalized spacial score (nSPS) is 15.7. The van der Waals surface area contributed by atoms with Crippen LogP contribution in [0.5, 0.6) is 0 Å². The van der Waals surface area contributed by atoms with Crippen molar-refractivity contribution < 1.29 is 18.0 Å². The van der Waals surface area contributed by atoms with E-state index < -0.39 is 10.0 Å². The fourth-order valence-electron chi connectivity index (χ4n) is 5.97. The number of hydrogen-bond acceptors (Lipinski definition) is 6. The first-order chi connectivity index (χ1) is 20.6. The molecular weight excluding hydrogens is 581 g/mol. The van der Waals surface area contributed by atoms with Gasteiger partial charge in [-0.2, -0.15) is 4.31 Å². The Kier molecular flexibility index (Phi) is 9.70. The van der Waals surface area contributed by atoms with E-state index in [1.807, 2.05) is 29.2 Å². The summed E-state index contributed by atoms with van der Waals surface area (Å²) in [5, 5.41) is 3.61. The number of benzene rings is 2. The van der Waals surface area contributed by atoms with E-state index in [0.717, 1.165) is 48.4 Å². The van der Waals surface area contributed by atoms with Crippen LogP contribution < -0.4 is 5.32 Å². The van der Waals surface area contributed by atoms with Gasteiger partial charge in [-0.1, -0.05) is 38.1 Å². The van der Waals surface area contributed by atoms with Crippen LogP contribution in [-0.4, -0.2) is 66.6 Å². The third kappa shape index (κ3) is 6.57. The number of rotatable bonds is 10. The summed E-state index contributed by atoms with van der Waals surface area (Å²) in [4.78, 5) is 32.9. The van der Waals surface area contributed by atoms with E-state index in [9.17, 15) is 18.0 Å². The minimum Gasteiger partial charge on any atom is -0.339 e. The number of carbonyl (C=O) groups excluding carboxylic acids is 2. The van der Waals surface area contributed by atoms with Crippen LogP contribution in [0.2, 0.25) is 0 Å². The fraction of sp³-hybridized carbons (Fsp3) is 0.455. The predicted molar refractivity (Wildman–Crippen MR) is 172 cm³/mol. The monoisotopic (exact) mass is 622 g/mol. The van der Waals surface area contributed by atoms with Gasteiger partial charge in [-0.3, -0.25) is 14.5 Å². The molecule has 2 aliphatic rings. The Labute approximate surface area is 259 Å². The topological polar surface area (TPSA) is 90.0 Å². The minimum absolute atomic E-state index is 0.0287. The van der Waals surface area contributed by atoms with Crippen LogP contribution in [0.15, 0.2) is 53.4 Å². The molecule has 0 saturated carbocycles. The highest BCUT2D eigenvalue weighted by atomic mass is 32.2. The molecule has 0 unspecified atom stereocenters. The molecule has 5 rings (SSSR count). The molecule has 0 radical (unpaired) electrons. The summed E-state index contributed by atoms with van der Waals surface area (Å²) < 4.78 is 28.4. The van der Waals surface area contributed by atoms with Gasteiger partial charge in [0.2, 0.25) is 10.0 Å². The van der Waals surface area contributed by atoms with Crippen LogP contribution in [-0.2, 0) is 36.0 Å². The van der Waals surface area contributed by atoms with Crippen LogP contribution in [0.1, 0.15) is 82.8 Å². The van der Waals surface area contributed by atoms with Gasteiger partial charge in [-0.05, 0) is 80.5 Å². The van der Waals surface area contributed by atoms with Crippen LogP contribution in [0.25, 0.3) is 0 Å². The maximum absolute atomic E-state index is 13.9. The summed E-state index contributed by atoms with van der Waals surface area (Å²) in [6.45, 7) is 12.2. The van der Waals surface area contributed by atoms with Gasteiger partial charge in [0, 0.05) is 55.8 Å². The van der Waals surface area contributed by atoms with Crippen molar-refractivity contribution in [3.05, 3.63) is 81.2 Å². The first-order valence-electron chi connectivity index (χ1n) is 15.3. The lowest BCUT2D eigenvalue weighted by Gasteiger charge is -2.31. The van der Waals surface area contributed by atoms with Gasteiger partial charge < -0.3 is 10.2 Å². The largest absolute Gasteiger partial charge is 0.339 e. The van der Waals surface area contributed by atoms with Gasteiger partial charge in [0.15, 0.2) is 0 Å². The second-order valence-electron chi connectivity index (χ2n) is 11.7. The Morgan fingerprint density at radius 3 is 2.26 bits per heavy atom. The van der Waals surface area contributed by atoms with E-state index >= 15 is 0 Å². The van der Waals surface area contributed by atoms with E-state index in [-0.39, 0.29) is 16.7 Å². The highest BCUT2D eigenvalue weighted by Crippen LogP contribution is 2.39. The van der Waals surface area contributed by atoms with Gasteiger partial charge in [0.25, 0.3) is 11.8 Å². The third-order valence-electron chi connectivity index (χ3n) is 8.38. The Morgan fingerprint density at radius 2 is 1.60 bits per heavy atom. The number of hydrogen-bond donors (Lipinski definition) is 1. The quantitative estimate of drug-likeness (QED) is 0.310. The molecule has 2 aliphatic heterocycles. The number of carbonyl (C=O) groups is 2. The molecule has 10 heteroatoms. The number of nitrogens with zero attached hydrogens (tertiary/aromatic N) is 3. The van der Waals surface area contributed by atoms with Crippen molar-refractivity contribution >= 4 is 38.2 Å².